The van der Waals surface area contributed by atoms with Gasteiger partial charge in [0, 0.05) is 41.6 Å². The van der Waals surface area contributed by atoms with E-state index in [1.54, 1.807) is 0 Å². The molecule has 4 rings (SSSR count). The minimum Gasteiger partial charge on any atom is -0.356 e. The Kier molecular flexibility index (Phi) is 8.01. The highest BCUT2D eigenvalue weighted by Crippen LogP contribution is 2.32. The van der Waals surface area contributed by atoms with Crippen LogP contribution in [0, 0.1) is 23.1 Å². The highest BCUT2D eigenvalue weighted by Gasteiger charge is 2.40. The first kappa shape index (κ1) is 25.4. The number of benzene rings is 2. The van der Waals surface area contributed by atoms with E-state index in [0.717, 1.165) is 11.6 Å². The molecule has 0 radical (unpaired) electrons. The molecular weight excluding hydrogens is 483 g/mol. The Bertz CT molecular complexity index is 1210. The summed E-state index contributed by atoms with van der Waals surface area (Å²) in [6.45, 7) is 0.858. The minimum absolute atomic E-state index is 0.0762. The van der Waals surface area contributed by atoms with E-state index >= 15 is 0 Å². The standard InChI is InChI=1S/C27H26ClFN4O3/c28-21-8-6-18(23(29)14-21)7-9-25(34)33-16-20(17-4-2-1-3-5-17)13-24(33)27(36)32-22(15-30)12-19-10-11-31-26(19)35/h1-9,14,19-20,22,24H,10-13,16H2,(H,31,35)(H,32,36)/b9-7+/t19-,20+,22-,24-/m0/s1. The Hall–Kier alpha value is -3.70. The lowest BCUT2D eigenvalue weighted by Gasteiger charge is -2.24. The summed E-state index contributed by atoms with van der Waals surface area (Å²) >= 11 is 5.80. The fourth-order valence-electron chi connectivity index (χ4n) is 4.75. The number of nitriles is 1. The van der Waals surface area contributed by atoms with Gasteiger partial charge >= 0.3 is 0 Å². The van der Waals surface area contributed by atoms with Crippen LogP contribution in [0.2, 0.25) is 5.02 Å². The van der Waals surface area contributed by atoms with E-state index in [9.17, 15) is 24.0 Å². The molecule has 2 aromatic rings. The lowest BCUT2D eigenvalue weighted by Crippen LogP contribution is -2.48. The largest absolute Gasteiger partial charge is 0.356 e. The van der Waals surface area contributed by atoms with Crippen LogP contribution in [0.4, 0.5) is 4.39 Å². The molecule has 2 fully saturated rings. The lowest BCUT2D eigenvalue weighted by molar-refractivity contribution is -0.135. The van der Waals surface area contributed by atoms with E-state index in [-0.39, 0.29) is 34.7 Å². The van der Waals surface area contributed by atoms with Gasteiger partial charge in [0.2, 0.25) is 17.7 Å². The molecule has 0 aliphatic carbocycles. The number of carbonyl (C=O) groups excluding carboxylic acids is 3. The Morgan fingerprint density at radius 2 is 2.06 bits per heavy atom. The summed E-state index contributed by atoms with van der Waals surface area (Å²) in [7, 11) is 0. The molecule has 3 amide bonds. The highest BCUT2D eigenvalue weighted by molar-refractivity contribution is 6.30. The molecule has 0 unspecified atom stereocenters. The molecule has 2 heterocycles. The van der Waals surface area contributed by atoms with Crippen molar-refractivity contribution in [2.45, 2.75) is 37.3 Å². The summed E-state index contributed by atoms with van der Waals surface area (Å²) in [6, 6.07) is 14.2. The zero-order valence-electron chi connectivity index (χ0n) is 19.5. The van der Waals surface area contributed by atoms with E-state index in [1.807, 2.05) is 30.3 Å². The average molecular weight is 509 g/mol. The number of rotatable bonds is 7. The predicted octanol–water partition coefficient (Wildman–Crippen LogP) is 3.41. The van der Waals surface area contributed by atoms with Gasteiger partial charge in [-0.1, -0.05) is 48.0 Å². The van der Waals surface area contributed by atoms with Crippen LogP contribution in [0.25, 0.3) is 6.08 Å². The van der Waals surface area contributed by atoms with E-state index in [1.165, 1.54) is 29.2 Å². The van der Waals surface area contributed by atoms with Crippen molar-refractivity contribution in [1.29, 1.82) is 5.26 Å². The van der Waals surface area contributed by atoms with Crippen LogP contribution in [0.1, 0.15) is 36.3 Å². The quantitative estimate of drug-likeness (QED) is 0.559. The molecule has 2 aromatic carbocycles. The van der Waals surface area contributed by atoms with Crippen LogP contribution < -0.4 is 10.6 Å². The van der Waals surface area contributed by atoms with Crippen molar-refractivity contribution in [3.8, 4) is 6.07 Å². The Balaban J connectivity index is 1.51. The third-order valence-electron chi connectivity index (χ3n) is 6.68. The number of hydrogen-bond donors (Lipinski definition) is 2. The number of carbonyl (C=O) groups is 3. The van der Waals surface area contributed by atoms with Gasteiger partial charge in [-0.3, -0.25) is 14.4 Å². The number of halogens is 2. The second-order valence-corrected chi connectivity index (χ2v) is 9.49. The maximum Gasteiger partial charge on any atom is 0.247 e. The summed E-state index contributed by atoms with van der Waals surface area (Å²) in [5.74, 6) is -1.97. The van der Waals surface area contributed by atoms with Gasteiger partial charge in [0.15, 0.2) is 0 Å². The summed E-state index contributed by atoms with van der Waals surface area (Å²) in [5.41, 5.74) is 1.20. The van der Waals surface area contributed by atoms with E-state index in [0.29, 0.717) is 25.9 Å². The van der Waals surface area contributed by atoms with Crippen LogP contribution >= 0.6 is 11.6 Å². The summed E-state index contributed by atoms with van der Waals surface area (Å²) in [6.07, 6.45) is 3.81. The molecule has 0 saturated carbocycles. The molecule has 2 saturated heterocycles. The minimum atomic E-state index is -0.849. The molecule has 4 atom stereocenters. The van der Waals surface area contributed by atoms with Gasteiger partial charge in [-0.25, -0.2) is 4.39 Å². The Morgan fingerprint density at radius 1 is 1.28 bits per heavy atom. The Morgan fingerprint density at radius 3 is 2.72 bits per heavy atom. The third kappa shape index (κ3) is 5.92. The SMILES string of the molecule is N#C[C@H](C[C@@H]1CCNC1=O)NC(=O)[C@@H]1C[C@@H](c2ccccc2)CN1C(=O)/C=C/c1ccc(Cl)cc1F. The Labute approximate surface area is 213 Å². The maximum absolute atomic E-state index is 14.2. The van der Waals surface area contributed by atoms with Crippen molar-refractivity contribution < 1.29 is 18.8 Å². The van der Waals surface area contributed by atoms with Gasteiger partial charge < -0.3 is 15.5 Å². The fourth-order valence-corrected chi connectivity index (χ4v) is 4.91. The first-order valence-electron chi connectivity index (χ1n) is 11.8. The number of hydrogen-bond acceptors (Lipinski definition) is 4. The zero-order chi connectivity index (χ0) is 25.7. The van der Waals surface area contributed by atoms with Crippen LogP contribution in [0.3, 0.4) is 0 Å². The van der Waals surface area contributed by atoms with Crippen molar-refractivity contribution in [3.63, 3.8) is 0 Å². The summed E-state index contributed by atoms with van der Waals surface area (Å²) < 4.78 is 14.2. The van der Waals surface area contributed by atoms with Gasteiger partial charge in [0.05, 0.1) is 6.07 Å². The highest BCUT2D eigenvalue weighted by atomic mass is 35.5. The summed E-state index contributed by atoms with van der Waals surface area (Å²) in [5, 5.41) is 15.3. The number of likely N-dealkylation sites (tertiary alicyclic amines) is 1. The molecular formula is C27H26ClFN4O3. The molecule has 0 bridgehead atoms. The first-order valence-corrected chi connectivity index (χ1v) is 12.2. The molecule has 0 spiro atoms. The van der Waals surface area contributed by atoms with Crippen LogP contribution in [0.5, 0.6) is 0 Å². The maximum atomic E-state index is 14.2. The molecule has 2 aliphatic rings. The second kappa shape index (κ2) is 11.4. The molecule has 9 heteroatoms. The van der Waals surface area contributed by atoms with E-state index in [2.05, 4.69) is 16.7 Å². The number of nitrogens with zero attached hydrogens (tertiary/aromatic N) is 2. The van der Waals surface area contributed by atoms with Gasteiger partial charge in [-0.2, -0.15) is 5.26 Å². The van der Waals surface area contributed by atoms with Gasteiger partial charge in [0.1, 0.15) is 17.9 Å². The zero-order valence-corrected chi connectivity index (χ0v) is 20.2. The second-order valence-electron chi connectivity index (χ2n) is 9.05. The third-order valence-corrected chi connectivity index (χ3v) is 6.92. The average Bonchev–Trinajstić information content (AvgIpc) is 3.50. The lowest BCUT2D eigenvalue weighted by atomic mass is 9.95. The molecule has 7 nitrogen and oxygen atoms in total. The van der Waals surface area contributed by atoms with Gasteiger partial charge in [-0.05, 0) is 43.0 Å². The molecule has 0 aromatic heterocycles. The topological polar surface area (TPSA) is 102 Å². The molecule has 36 heavy (non-hydrogen) atoms. The van der Waals surface area contributed by atoms with Crippen molar-refractivity contribution in [3.05, 3.63) is 76.6 Å². The number of amides is 3. The van der Waals surface area contributed by atoms with E-state index < -0.39 is 29.7 Å². The molecule has 186 valence electrons. The van der Waals surface area contributed by atoms with E-state index in [4.69, 9.17) is 11.6 Å². The van der Waals surface area contributed by atoms with Gasteiger partial charge in [0.25, 0.3) is 0 Å². The van der Waals surface area contributed by atoms with Crippen LogP contribution in [0.15, 0.2) is 54.6 Å². The number of nitrogens with one attached hydrogen (secondary N) is 2. The van der Waals surface area contributed by atoms with Crippen molar-refractivity contribution in [2.75, 3.05) is 13.1 Å². The first-order chi connectivity index (χ1) is 17.4. The van der Waals surface area contributed by atoms with Crippen LogP contribution in [-0.4, -0.2) is 47.8 Å². The monoisotopic (exact) mass is 508 g/mol. The van der Waals surface area contributed by atoms with Crippen molar-refractivity contribution in [2.24, 2.45) is 5.92 Å². The van der Waals surface area contributed by atoms with Crippen LogP contribution in [-0.2, 0) is 14.4 Å². The van der Waals surface area contributed by atoms with Gasteiger partial charge in [-0.15, -0.1) is 0 Å². The normalized spacial score (nSPS) is 22.3. The van der Waals surface area contributed by atoms with Crippen molar-refractivity contribution >= 4 is 35.4 Å². The fraction of sp³-hybridized carbons (Fsp3) is 0.333. The molecule has 2 aliphatic heterocycles. The summed E-state index contributed by atoms with van der Waals surface area (Å²) in [4.78, 5) is 39.8. The molecule has 2 N–H and O–H groups in total. The predicted molar refractivity (Wildman–Crippen MR) is 133 cm³/mol. The smallest absolute Gasteiger partial charge is 0.247 e. The van der Waals surface area contributed by atoms with Crippen molar-refractivity contribution in [1.82, 2.24) is 15.5 Å².